The topological polar surface area (TPSA) is 32.7 Å². The number of amidine groups is 1. The summed E-state index contributed by atoms with van der Waals surface area (Å²) in [5.74, 6) is -1.78. The molecule has 0 aromatic heterocycles. The molecule has 124 valence electrons. The molecule has 1 heterocycles. The van der Waals surface area contributed by atoms with Gasteiger partial charge in [-0.3, -0.25) is 14.7 Å². The molecule has 1 aliphatic rings. The molecule has 0 saturated carbocycles. The van der Waals surface area contributed by atoms with Gasteiger partial charge in [0.2, 0.25) is 0 Å². The number of nitrogens with zero attached hydrogens (tertiary/aromatic N) is 2. The van der Waals surface area contributed by atoms with Crippen molar-refractivity contribution in [3.63, 3.8) is 0 Å². The fourth-order valence-corrected chi connectivity index (χ4v) is 3.57. The lowest BCUT2D eigenvalue weighted by molar-refractivity contribution is 0.0851. The van der Waals surface area contributed by atoms with Crippen molar-refractivity contribution in [1.29, 1.82) is 0 Å². The lowest BCUT2D eigenvalue weighted by Gasteiger charge is -2.18. The van der Waals surface area contributed by atoms with Crippen molar-refractivity contribution < 1.29 is 13.6 Å². The van der Waals surface area contributed by atoms with Crippen LogP contribution in [0.1, 0.15) is 15.9 Å². The molecule has 0 aliphatic carbocycles. The van der Waals surface area contributed by atoms with Gasteiger partial charge >= 0.3 is 0 Å². The molecular weight excluding hydrogens is 398 g/mol. The summed E-state index contributed by atoms with van der Waals surface area (Å²) in [6, 6.07) is 11.2. The van der Waals surface area contributed by atoms with E-state index in [0.717, 1.165) is 22.2 Å². The van der Waals surface area contributed by atoms with E-state index in [1.807, 2.05) is 24.3 Å². The average molecular weight is 411 g/mol. The first-order valence-electron chi connectivity index (χ1n) is 7.24. The lowest BCUT2D eigenvalue weighted by Crippen LogP contribution is -2.34. The Labute approximate surface area is 150 Å². The number of aliphatic imine (C=N–C) groups is 1. The average Bonchev–Trinajstić information content (AvgIpc) is 3.02. The van der Waals surface area contributed by atoms with Gasteiger partial charge in [0.05, 0.1) is 6.54 Å². The number of carbonyl (C=O) groups excluding carboxylic acids is 1. The molecule has 0 atom stereocenters. The smallest absolute Gasteiger partial charge is 0.265 e. The van der Waals surface area contributed by atoms with Gasteiger partial charge in [-0.2, -0.15) is 0 Å². The highest BCUT2D eigenvalue weighted by atomic mass is 79.9. The van der Waals surface area contributed by atoms with Crippen LogP contribution in [0.4, 0.5) is 8.78 Å². The van der Waals surface area contributed by atoms with Crippen LogP contribution in [-0.4, -0.2) is 29.1 Å². The van der Waals surface area contributed by atoms with Crippen molar-refractivity contribution in [2.45, 2.75) is 5.75 Å². The third-order valence-electron chi connectivity index (χ3n) is 3.50. The summed E-state index contributed by atoms with van der Waals surface area (Å²) in [6.07, 6.45) is 0. The van der Waals surface area contributed by atoms with Gasteiger partial charge in [-0.25, -0.2) is 8.78 Å². The predicted molar refractivity (Wildman–Crippen MR) is 95.1 cm³/mol. The van der Waals surface area contributed by atoms with Crippen LogP contribution in [0.15, 0.2) is 51.9 Å². The molecule has 0 bridgehead atoms. The number of thioether (sulfide) groups is 1. The lowest BCUT2D eigenvalue weighted by atomic mass is 10.1. The third kappa shape index (κ3) is 3.67. The highest BCUT2D eigenvalue weighted by Gasteiger charge is 2.29. The van der Waals surface area contributed by atoms with Crippen molar-refractivity contribution in [3.05, 3.63) is 69.7 Å². The fourth-order valence-electron chi connectivity index (χ4n) is 2.30. The van der Waals surface area contributed by atoms with Gasteiger partial charge < -0.3 is 0 Å². The van der Waals surface area contributed by atoms with Gasteiger partial charge in [0.1, 0.15) is 17.2 Å². The Balaban J connectivity index is 1.73. The summed E-state index contributed by atoms with van der Waals surface area (Å²) in [5.41, 5.74) is 0.540. The fraction of sp³-hybridized carbons (Fsp3) is 0.176. The second-order valence-electron chi connectivity index (χ2n) is 5.13. The van der Waals surface area contributed by atoms with Crippen molar-refractivity contribution in [2.75, 3.05) is 13.1 Å². The molecule has 3 nitrogen and oxygen atoms in total. The van der Waals surface area contributed by atoms with Gasteiger partial charge in [-0.05, 0) is 29.8 Å². The van der Waals surface area contributed by atoms with Crippen LogP contribution in [-0.2, 0) is 5.75 Å². The first-order valence-corrected chi connectivity index (χ1v) is 9.01. The zero-order valence-corrected chi connectivity index (χ0v) is 14.9. The van der Waals surface area contributed by atoms with Crippen LogP contribution in [0.2, 0.25) is 0 Å². The Kier molecular flexibility index (Phi) is 5.30. The number of amides is 1. The molecule has 0 unspecified atom stereocenters. The van der Waals surface area contributed by atoms with Crippen LogP contribution in [0.3, 0.4) is 0 Å². The van der Waals surface area contributed by atoms with Gasteiger partial charge in [0, 0.05) is 16.8 Å². The number of rotatable bonds is 3. The normalized spacial score (nSPS) is 14.0. The minimum Gasteiger partial charge on any atom is -0.285 e. The molecule has 0 fully saturated rings. The van der Waals surface area contributed by atoms with E-state index in [2.05, 4.69) is 20.9 Å². The Morgan fingerprint density at radius 3 is 2.50 bits per heavy atom. The van der Waals surface area contributed by atoms with E-state index in [1.165, 1.54) is 22.7 Å². The van der Waals surface area contributed by atoms with Crippen molar-refractivity contribution in [3.8, 4) is 0 Å². The van der Waals surface area contributed by atoms with E-state index in [-0.39, 0.29) is 0 Å². The number of hydrogen-bond acceptors (Lipinski definition) is 3. The summed E-state index contributed by atoms with van der Waals surface area (Å²) in [4.78, 5) is 18.1. The van der Waals surface area contributed by atoms with Crippen LogP contribution in [0.5, 0.6) is 0 Å². The number of benzene rings is 2. The van der Waals surface area contributed by atoms with Gasteiger partial charge in [0.25, 0.3) is 5.91 Å². The standard InChI is InChI=1S/C17H13BrF2N2OS/c18-12-6-4-11(5-7-12)10-24-17-21-8-9-22(17)16(23)15-13(19)2-1-3-14(15)20/h1-7H,8-10H2. The summed E-state index contributed by atoms with van der Waals surface area (Å²) >= 11 is 4.76. The van der Waals surface area contributed by atoms with E-state index in [9.17, 15) is 13.6 Å². The molecule has 2 aromatic rings. The SMILES string of the molecule is O=C(c1c(F)cccc1F)N1CCN=C1SCc1ccc(Br)cc1. The minimum atomic E-state index is -0.857. The minimum absolute atomic E-state index is 0.329. The van der Waals surface area contributed by atoms with Gasteiger partial charge in [-0.15, -0.1) is 0 Å². The molecule has 2 aromatic carbocycles. The van der Waals surface area contributed by atoms with E-state index in [1.54, 1.807) is 0 Å². The second-order valence-corrected chi connectivity index (χ2v) is 6.99. The zero-order chi connectivity index (χ0) is 17.1. The van der Waals surface area contributed by atoms with Crippen LogP contribution in [0.25, 0.3) is 0 Å². The highest BCUT2D eigenvalue weighted by Crippen LogP contribution is 2.24. The Bertz CT molecular complexity index is 775. The predicted octanol–water partition coefficient (Wildman–Crippen LogP) is 4.47. The Morgan fingerprint density at radius 2 is 1.83 bits per heavy atom. The van der Waals surface area contributed by atoms with E-state index in [0.29, 0.717) is 24.0 Å². The quantitative estimate of drug-likeness (QED) is 0.747. The van der Waals surface area contributed by atoms with Crippen molar-refractivity contribution in [2.24, 2.45) is 4.99 Å². The largest absolute Gasteiger partial charge is 0.285 e. The molecule has 0 N–H and O–H groups in total. The monoisotopic (exact) mass is 410 g/mol. The Hall–Kier alpha value is -1.73. The van der Waals surface area contributed by atoms with Crippen LogP contribution in [0, 0.1) is 11.6 Å². The molecule has 7 heteroatoms. The third-order valence-corrected chi connectivity index (χ3v) is 5.12. The van der Waals surface area contributed by atoms with Crippen molar-refractivity contribution >= 4 is 38.8 Å². The van der Waals surface area contributed by atoms with Gasteiger partial charge in [-0.1, -0.05) is 45.9 Å². The number of halogens is 3. The molecular formula is C17H13BrF2N2OS. The first-order chi connectivity index (χ1) is 11.6. The molecule has 0 radical (unpaired) electrons. The molecule has 24 heavy (non-hydrogen) atoms. The summed E-state index contributed by atoms with van der Waals surface area (Å²) in [7, 11) is 0. The number of carbonyl (C=O) groups is 1. The maximum Gasteiger partial charge on any atom is 0.265 e. The maximum atomic E-state index is 13.8. The molecule has 1 aliphatic heterocycles. The summed E-state index contributed by atoms with van der Waals surface area (Å²) in [6.45, 7) is 0.764. The summed E-state index contributed by atoms with van der Waals surface area (Å²) in [5, 5.41) is 0.491. The summed E-state index contributed by atoms with van der Waals surface area (Å²) < 4.78 is 28.7. The van der Waals surface area contributed by atoms with Gasteiger partial charge in [0.15, 0.2) is 5.17 Å². The van der Waals surface area contributed by atoms with E-state index < -0.39 is 23.1 Å². The van der Waals surface area contributed by atoms with Crippen LogP contribution < -0.4 is 0 Å². The number of hydrogen-bond donors (Lipinski definition) is 0. The molecule has 3 rings (SSSR count). The zero-order valence-electron chi connectivity index (χ0n) is 12.5. The first kappa shape index (κ1) is 17.1. The van der Waals surface area contributed by atoms with E-state index in [4.69, 9.17) is 0 Å². The second kappa shape index (κ2) is 7.44. The Morgan fingerprint density at radius 1 is 1.17 bits per heavy atom. The maximum absolute atomic E-state index is 13.8. The molecule has 1 amide bonds. The highest BCUT2D eigenvalue weighted by molar-refractivity contribution is 9.10. The van der Waals surface area contributed by atoms with E-state index >= 15 is 0 Å². The van der Waals surface area contributed by atoms with Crippen molar-refractivity contribution in [1.82, 2.24) is 4.90 Å². The van der Waals surface area contributed by atoms with Crippen LogP contribution >= 0.6 is 27.7 Å². The molecule has 0 saturated heterocycles. The molecule has 0 spiro atoms.